The van der Waals surface area contributed by atoms with Crippen molar-refractivity contribution in [2.75, 3.05) is 0 Å². The number of rotatable bonds is 0. The number of nitrogens with zero attached hydrogens (tertiary/aromatic N) is 2. The van der Waals surface area contributed by atoms with Gasteiger partial charge < -0.3 is 7.43 Å². The molecule has 0 aliphatic heterocycles. The Morgan fingerprint density at radius 1 is 0.609 bits per heavy atom. The molecule has 0 aliphatic rings. The van der Waals surface area contributed by atoms with Crippen LogP contribution in [0.5, 0.6) is 0 Å². The van der Waals surface area contributed by atoms with E-state index in [-0.39, 0.29) is 7.43 Å². The molecule has 3 aromatic rings. The molecule has 0 radical (unpaired) electrons. The molecule has 2 aromatic heterocycles. The zero-order valence-corrected chi connectivity index (χ0v) is 17.2. The normalized spacial score (nSPS) is 8.70. The third-order valence-electron chi connectivity index (χ3n) is 2.34. The zero-order chi connectivity index (χ0) is 16.5. The van der Waals surface area contributed by atoms with Crippen LogP contribution in [0, 0.1) is 7.43 Å². The summed E-state index contributed by atoms with van der Waals surface area (Å²) < 4.78 is 51.6. The fourth-order valence-electron chi connectivity index (χ4n) is 1.68. The van der Waals surface area contributed by atoms with E-state index >= 15 is 0 Å². The summed E-state index contributed by atoms with van der Waals surface area (Å²) in [5, 5.41) is 2.28. The average molecular weight is 664 g/mol. The van der Waals surface area contributed by atoms with Crippen LogP contribution in [0.25, 0.3) is 21.8 Å². The van der Waals surface area contributed by atoms with Crippen molar-refractivity contribution in [3.8, 4) is 0 Å². The summed E-state index contributed by atoms with van der Waals surface area (Å²) >= 11 is -8.43. The summed E-state index contributed by atoms with van der Waals surface area (Å²) in [7, 11) is 0. The predicted octanol–water partition coefficient (Wildman–Crippen LogP) is 2.52. The first-order valence-corrected chi connectivity index (χ1v) is 12.1. The second-order valence-electron chi connectivity index (χ2n) is 3.59. The van der Waals surface area contributed by atoms with E-state index in [1.165, 1.54) is 0 Å². The van der Waals surface area contributed by atoms with Gasteiger partial charge in [-0.25, -0.2) is 0 Å². The van der Waals surface area contributed by atoms with Crippen LogP contribution in [-0.4, -0.2) is 9.97 Å². The Hall–Kier alpha value is -1.84. The maximum atomic E-state index is 8.60. The molecule has 124 valence electrons. The standard InChI is InChI=1S/C12H8N2.CH3.6O.2Re/c1-3-9-5-6-10-4-2-8-14-12(10)11(9)13-7-1;;;;;;;;;/h1-8H;1H3;;;;;;;;/q;-1;;;;;;;;. The first-order chi connectivity index (χ1) is 10.4. The fraction of sp³-hybridized carbons (Fsp3) is 0. The monoisotopic (exact) mass is 665 g/mol. The Morgan fingerprint density at radius 2 is 0.913 bits per heavy atom. The third-order valence-corrected chi connectivity index (χ3v) is 2.34. The van der Waals surface area contributed by atoms with Crippen molar-refractivity contribution < 1.29 is 54.1 Å². The smallest absolute Gasteiger partial charge is 0.0964 e. The van der Waals surface area contributed by atoms with Gasteiger partial charge in [0.05, 0.1) is 11.0 Å². The molecule has 0 saturated carbocycles. The van der Waals surface area contributed by atoms with E-state index in [1.54, 1.807) is 12.4 Å². The van der Waals surface area contributed by atoms with E-state index in [2.05, 4.69) is 34.2 Å². The van der Waals surface area contributed by atoms with Crippen LogP contribution in [0.2, 0.25) is 0 Å². The van der Waals surface area contributed by atoms with Crippen LogP contribution < -0.4 is 0 Å². The molecule has 0 bridgehead atoms. The molecular formula is C13H11N2O6Re2-. The number of pyridine rings is 2. The molecule has 1 aromatic carbocycles. The number of fused-ring (bicyclic) bond motifs is 3. The average Bonchev–Trinajstić information content (AvgIpc) is 2.46. The van der Waals surface area contributed by atoms with E-state index in [4.69, 9.17) is 20.8 Å². The molecule has 23 heavy (non-hydrogen) atoms. The van der Waals surface area contributed by atoms with E-state index in [0.29, 0.717) is 0 Å². The van der Waals surface area contributed by atoms with Gasteiger partial charge in [0.2, 0.25) is 0 Å². The quantitative estimate of drug-likeness (QED) is 0.265. The number of aromatic nitrogens is 2. The minimum atomic E-state index is -4.21. The molecule has 8 nitrogen and oxygen atoms in total. The molecule has 0 atom stereocenters. The van der Waals surface area contributed by atoms with Crippen molar-refractivity contribution in [3.63, 3.8) is 0 Å². The van der Waals surface area contributed by atoms with Gasteiger partial charge >= 0.3 is 54.1 Å². The Kier molecular flexibility index (Phi) is 9.96. The van der Waals surface area contributed by atoms with Crippen molar-refractivity contribution in [2.45, 2.75) is 0 Å². The van der Waals surface area contributed by atoms with E-state index in [0.717, 1.165) is 21.8 Å². The predicted molar refractivity (Wildman–Crippen MR) is 67.6 cm³/mol. The van der Waals surface area contributed by atoms with E-state index in [1.807, 2.05) is 12.1 Å². The molecule has 0 fully saturated rings. The van der Waals surface area contributed by atoms with Crippen LogP contribution in [0.3, 0.4) is 0 Å². The number of benzene rings is 1. The molecule has 0 N–H and O–H groups in total. The van der Waals surface area contributed by atoms with E-state index in [9.17, 15) is 0 Å². The fourth-order valence-corrected chi connectivity index (χ4v) is 1.68. The Balaban J connectivity index is 0.000000461. The van der Waals surface area contributed by atoms with Crippen molar-refractivity contribution in [1.29, 1.82) is 0 Å². The molecule has 0 saturated heterocycles. The molecule has 2 heterocycles. The van der Waals surface area contributed by atoms with Crippen LogP contribution in [0.15, 0.2) is 48.8 Å². The minimum absolute atomic E-state index is 0. The maximum Gasteiger partial charge on any atom is 0.0964 e. The largest absolute Gasteiger partial charge is 0.254 e. The van der Waals surface area contributed by atoms with E-state index < -0.39 is 33.3 Å². The zero-order valence-electron chi connectivity index (χ0n) is 11.7. The van der Waals surface area contributed by atoms with Gasteiger partial charge in [-0.1, -0.05) is 24.3 Å². The van der Waals surface area contributed by atoms with Crippen molar-refractivity contribution in [2.24, 2.45) is 0 Å². The molecule has 3 rings (SSSR count). The summed E-state index contributed by atoms with van der Waals surface area (Å²) in [6, 6.07) is 12.1. The van der Waals surface area contributed by atoms with Gasteiger partial charge in [0.25, 0.3) is 0 Å². The van der Waals surface area contributed by atoms with Crippen molar-refractivity contribution >= 4 is 21.8 Å². The summed E-state index contributed by atoms with van der Waals surface area (Å²) in [6.45, 7) is 0. The number of hydrogen-bond donors (Lipinski definition) is 0. The second kappa shape index (κ2) is 10.8. The van der Waals surface area contributed by atoms with Gasteiger partial charge in [0, 0.05) is 23.2 Å². The second-order valence-corrected chi connectivity index (χ2v) is 6.31. The van der Waals surface area contributed by atoms with Gasteiger partial charge in [-0.2, -0.15) is 0 Å². The summed E-state index contributed by atoms with van der Waals surface area (Å²) in [6.07, 6.45) is 3.60. The first kappa shape index (κ1) is 21.2. The Bertz CT molecular complexity index is 904. The van der Waals surface area contributed by atoms with Crippen molar-refractivity contribution in [3.05, 3.63) is 56.2 Å². The molecule has 10 heteroatoms. The van der Waals surface area contributed by atoms with Crippen LogP contribution in [0.4, 0.5) is 0 Å². The molecule has 0 aliphatic carbocycles. The maximum absolute atomic E-state index is 8.60. The molecule has 0 unspecified atom stereocenters. The van der Waals surface area contributed by atoms with Gasteiger partial charge in [0.1, 0.15) is 0 Å². The van der Waals surface area contributed by atoms with Gasteiger partial charge in [-0.15, -0.1) is 0 Å². The third kappa shape index (κ3) is 7.82. The summed E-state index contributed by atoms with van der Waals surface area (Å²) in [4.78, 5) is 8.69. The Labute approximate surface area is 141 Å². The van der Waals surface area contributed by atoms with Crippen LogP contribution >= 0.6 is 0 Å². The topological polar surface area (TPSA) is 128 Å². The molecule has 0 spiro atoms. The minimum Gasteiger partial charge on any atom is -0.254 e. The SMILES string of the molecule is [CH3-].[O]=[Re](=[O])=[O].[O]=[Re](=[O])=[O].c1cnc2c(c1)ccc1cccnc12. The van der Waals surface area contributed by atoms with Crippen molar-refractivity contribution in [1.82, 2.24) is 9.97 Å². The molecular weight excluding hydrogens is 653 g/mol. The van der Waals surface area contributed by atoms with Crippen LogP contribution in [-0.2, 0) is 54.1 Å². The first-order valence-electron chi connectivity index (χ1n) is 5.46. The van der Waals surface area contributed by atoms with Gasteiger partial charge in [-0.3, -0.25) is 9.97 Å². The van der Waals surface area contributed by atoms with Crippen LogP contribution in [0.1, 0.15) is 0 Å². The Morgan fingerprint density at radius 3 is 1.22 bits per heavy atom. The summed E-state index contributed by atoms with van der Waals surface area (Å²) in [5.74, 6) is 0. The van der Waals surface area contributed by atoms with Gasteiger partial charge in [0.15, 0.2) is 0 Å². The van der Waals surface area contributed by atoms with Gasteiger partial charge in [-0.05, 0) is 12.1 Å². The number of hydrogen-bond acceptors (Lipinski definition) is 8. The molecule has 0 amide bonds. The summed E-state index contributed by atoms with van der Waals surface area (Å²) in [5.41, 5.74) is 1.95.